The van der Waals surface area contributed by atoms with Crippen LogP contribution in [0.1, 0.15) is 31.4 Å². The van der Waals surface area contributed by atoms with Crippen molar-refractivity contribution in [3.8, 4) is 11.5 Å². The van der Waals surface area contributed by atoms with E-state index >= 15 is 0 Å². The second-order valence-electron chi connectivity index (χ2n) is 12.0. The number of likely N-dealkylation sites (tertiary alicyclic amines) is 1. The smallest absolute Gasteiger partial charge is 0.344 e. The Balaban J connectivity index is 1.45. The Morgan fingerprint density at radius 2 is 1.66 bits per heavy atom. The van der Waals surface area contributed by atoms with Gasteiger partial charge in [0.15, 0.2) is 0 Å². The molecule has 3 aromatic carbocycles. The molecule has 2 fully saturated rings. The van der Waals surface area contributed by atoms with E-state index in [4.69, 9.17) is 21.1 Å². The predicted octanol–water partition coefficient (Wildman–Crippen LogP) is 3.93. The average Bonchev–Trinajstić information content (AvgIpc) is 3.69. The lowest BCUT2D eigenvalue weighted by Crippen LogP contribution is -2.51. The van der Waals surface area contributed by atoms with E-state index in [0.29, 0.717) is 35.2 Å². The van der Waals surface area contributed by atoms with Crippen LogP contribution >= 0.6 is 11.6 Å². The number of carbonyl (C=O) groups excluding carboxylic acids is 1. The number of aromatic nitrogens is 2. The Labute approximate surface area is 279 Å². The molecule has 13 heteroatoms. The SMILES string of the molecule is CCCN1CCN(C2CCN(C(=O)C(c3ccccc3OC)n3c(=O)n(S(=O)(=O)c4ccc(OC)cc4)c4ccc(Cl)cc43)C2)CC1. The standard InChI is InChI=1S/C34H40ClN5O6S/c1-4-16-36-18-20-37(21-19-36)25-15-17-38(23-25)33(41)32(28-7-5-6-8-31(28)46-3)39-30-22-24(35)9-14-29(30)40(34(39)42)47(43,44)27-12-10-26(45-2)11-13-27/h5-14,22,25,32H,4,15-21,23H2,1-3H3. The molecule has 0 saturated carbocycles. The van der Waals surface area contributed by atoms with E-state index in [1.54, 1.807) is 29.2 Å². The minimum atomic E-state index is -4.40. The summed E-state index contributed by atoms with van der Waals surface area (Å²) >= 11 is 6.45. The van der Waals surface area contributed by atoms with Gasteiger partial charge in [-0.2, -0.15) is 3.97 Å². The molecule has 11 nitrogen and oxygen atoms in total. The number of methoxy groups -OCH3 is 2. The van der Waals surface area contributed by atoms with Crippen molar-refractivity contribution < 1.29 is 22.7 Å². The molecule has 2 saturated heterocycles. The van der Waals surface area contributed by atoms with E-state index < -0.39 is 21.8 Å². The molecule has 3 heterocycles. The number of benzene rings is 3. The van der Waals surface area contributed by atoms with Crippen LogP contribution in [0.3, 0.4) is 0 Å². The van der Waals surface area contributed by atoms with Crippen molar-refractivity contribution in [2.24, 2.45) is 0 Å². The number of nitrogens with zero attached hydrogens (tertiary/aromatic N) is 5. The second kappa shape index (κ2) is 13.7. The van der Waals surface area contributed by atoms with Gasteiger partial charge >= 0.3 is 5.69 Å². The molecule has 0 aliphatic carbocycles. The lowest BCUT2D eigenvalue weighted by molar-refractivity contribution is -0.132. The zero-order valence-electron chi connectivity index (χ0n) is 26.8. The summed E-state index contributed by atoms with van der Waals surface area (Å²) in [5, 5.41) is 0.292. The second-order valence-corrected chi connectivity index (χ2v) is 14.2. The molecule has 2 atom stereocenters. The van der Waals surface area contributed by atoms with Crippen molar-refractivity contribution in [2.75, 3.05) is 60.0 Å². The summed E-state index contributed by atoms with van der Waals surface area (Å²) in [4.78, 5) is 35.9. The number of hydrogen-bond donors (Lipinski definition) is 0. The van der Waals surface area contributed by atoms with Gasteiger partial charge in [-0.3, -0.25) is 14.3 Å². The van der Waals surface area contributed by atoms with Crippen LogP contribution in [0.25, 0.3) is 11.0 Å². The molecule has 4 aromatic rings. The highest BCUT2D eigenvalue weighted by Crippen LogP contribution is 2.34. The Morgan fingerprint density at radius 1 is 0.936 bits per heavy atom. The van der Waals surface area contributed by atoms with Gasteiger partial charge in [0.2, 0.25) is 0 Å². The van der Waals surface area contributed by atoms with Crippen LogP contribution in [0.15, 0.2) is 76.4 Å². The topological polar surface area (TPSA) is 106 Å². The number of halogens is 1. The minimum Gasteiger partial charge on any atom is -0.497 e. The van der Waals surface area contributed by atoms with Crippen LogP contribution in [0.5, 0.6) is 11.5 Å². The molecular weight excluding hydrogens is 642 g/mol. The van der Waals surface area contributed by atoms with Crippen molar-refractivity contribution >= 4 is 38.6 Å². The van der Waals surface area contributed by atoms with Gasteiger partial charge in [0, 0.05) is 55.9 Å². The maximum Gasteiger partial charge on any atom is 0.344 e. The van der Waals surface area contributed by atoms with Crippen molar-refractivity contribution in [3.05, 3.63) is 87.8 Å². The zero-order chi connectivity index (χ0) is 33.3. The molecule has 2 aliphatic rings. The molecule has 1 aromatic heterocycles. The summed E-state index contributed by atoms with van der Waals surface area (Å²) < 4.78 is 41.1. The zero-order valence-corrected chi connectivity index (χ0v) is 28.4. The van der Waals surface area contributed by atoms with Crippen LogP contribution in [0.4, 0.5) is 0 Å². The molecule has 6 rings (SSSR count). The van der Waals surface area contributed by atoms with E-state index in [0.717, 1.165) is 49.5 Å². The van der Waals surface area contributed by atoms with Gasteiger partial charge in [-0.25, -0.2) is 13.2 Å². The van der Waals surface area contributed by atoms with E-state index in [1.807, 2.05) is 0 Å². The number of rotatable bonds is 10. The van der Waals surface area contributed by atoms with Gasteiger partial charge in [-0.15, -0.1) is 0 Å². The highest BCUT2D eigenvalue weighted by atomic mass is 35.5. The Morgan fingerprint density at radius 3 is 2.34 bits per heavy atom. The van der Waals surface area contributed by atoms with Crippen molar-refractivity contribution in [1.29, 1.82) is 0 Å². The third-order valence-electron chi connectivity index (χ3n) is 9.26. The third-order valence-corrected chi connectivity index (χ3v) is 11.2. The number of amides is 1. The molecule has 1 amide bonds. The highest BCUT2D eigenvalue weighted by Gasteiger charge is 2.39. The lowest BCUT2D eigenvalue weighted by Gasteiger charge is -2.38. The highest BCUT2D eigenvalue weighted by molar-refractivity contribution is 7.90. The van der Waals surface area contributed by atoms with Gasteiger partial charge in [0.25, 0.3) is 15.9 Å². The van der Waals surface area contributed by atoms with Crippen LogP contribution in [-0.4, -0.2) is 104 Å². The van der Waals surface area contributed by atoms with E-state index in [9.17, 15) is 18.0 Å². The molecule has 0 spiro atoms. The summed E-state index contributed by atoms with van der Waals surface area (Å²) in [6.45, 7) is 8.19. The number of piperazine rings is 1. The van der Waals surface area contributed by atoms with Crippen molar-refractivity contribution in [2.45, 2.75) is 36.7 Å². The molecule has 47 heavy (non-hydrogen) atoms. The fraction of sp³-hybridized carbons (Fsp3) is 0.412. The molecule has 0 radical (unpaired) electrons. The monoisotopic (exact) mass is 681 g/mol. The maximum absolute atomic E-state index is 14.7. The lowest BCUT2D eigenvalue weighted by atomic mass is 10.0. The van der Waals surface area contributed by atoms with Crippen LogP contribution < -0.4 is 15.2 Å². The summed E-state index contributed by atoms with van der Waals surface area (Å²) in [6, 6.07) is 16.3. The predicted molar refractivity (Wildman–Crippen MR) is 181 cm³/mol. The van der Waals surface area contributed by atoms with E-state index in [-0.39, 0.29) is 27.9 Å². The fourth-order valence-corrected chi connectivity index (χ4v) is 8.42. The molecule has 250 valence electrons. The quantitative estimate of drug-likeness (QED) is 0.248. The Hall–Kier alpha value is -3.84. The van der Waals surface area contributed by atoms with Gasteiger partial charge in [0.05, 0.1) is 30.1 Å². The molecule has 2 unspecified atom stereocenters. The summed E-state index contributed by atoms with van der Waals surface area (Å²) in [5.74, 6) is 0.560. The molecule has 0 N–H and O–H groups in total. The van der Waals surface area contributed by atoms with Crippen LogP contribution in [0.2, 0.25) is 5.02 Å². The van der Waals surface area contributed by atoms with E-state index in [2.05, 4.69) is 16.7 Å². The summed E-state index contributed by atoms with van der Waals surface area (Å²) in [7, 11) is -1.42. The van der Waals surface area contributed by atoms with Crippen molar-refractivity contribution in [1.82, 2.24) is 23.2 Å². The van der Waals surface area contributed by atoms with Gasteiger partial charge in [0.1, 0.15) is 17.5 Å². The van der Waals surface area contributed by atoms with Crippen molar-refractivity contribution in [3.63, 3.8) is 0 Å². The first kappa shape index (κ1) is 33.1. The first-order valence-electron chi connectivity index (χ1n) is 15.9. The van der Waals surface area contributed by atoms with Crippen LogP contribution in [-0.2, 0) is 14.8 Å². The number of carbonyl (C=O) groups is 1. The Kier molecular flexibility index (Phi) is 9.65. The summed E-state index contributed by atoms with van der Waals surface area (Å²) in [6.07, 6.45) is 1.94. The normalized spacial score (nSPS) is 18.5. The number of ether oxygens (including phenoxy) is 2. The number of para-hydroxylation sites is 1. The first-order chi connectivity index (χ1) is 22.7. The third kappa shape index (κ3) is 6.27. The van der Waals surface area contributed by atoms with Gasteiger partial charge in [-0.05, 0) is 67.9 Å². The van der Waals surface area contributed by atoms with Gasteiger partial charge in [-0.1, -0.05) is 36.7 Å². The molecule has 2 aliphatic heterocycles. The Bertz CT molecular complexity index is 1920. The maximum atomic E-state index is 14.7. The van der Waals surface area contributed by atoms with Crippen LogP contribution in [0, 0.1) is 0 Å². The van der Waals surface area contributed by atoms with E-state index in [1.165, 1.54) is 61.3 Å². The fourth-order valence-electron chi connectivity index (χ4n) is 6.86. The number of hydrogen-bond acceptors (Lipinski definition) is 8. The minimum absolute atomic E-state index is 0.101. The largest absolute Gasteiger partial charge is 0.497 e. The molecular formula is C34H40ClN5O6S. The summed E-state index contributed by atoms with van der Waals surface area (Å²) in [5.41, 5.74) is -0.122. The average molecular weight is 682 g/mol. The van der Waals surface area contributed by atoms with Gasteiger partial charge < -0.3 is 19.3 Å². The number of fused-ring (bicyclic) bond motifs is 1. The molecule has 0 bridgehead atoms. The number of imidazole rings is 1. The first-order valence-corrected chi connectivity index (χ1v) is 17.7.